The lowest BCUT2D eigenvalue weighted by Crippen LogP contribution is -2.19. The van der Waals surface area contributed by atoms with Gasteiger partial charge in [-0.1, -0.05) is 30.3 Å². The number of rotatable bonds is 5. The topological polar surface area (TPSA) is 40.5 Å². The maximum atomic E-state index is 12.4. The normalized spacial score (nSPS) is 11.7. The van der Waals surface area contributed by atoms with E-state index in [1.165, 1.54) is 14.2 Å². The molecule has 18 heavy (non-hydrogen) atoms. The van der Waals surface area contributed by atoms with Gasteiger partial charge in [-0.3, -0.25) is 4.57 Å². The molecule has 2 rings (SSSR count). The van der Waals surface area contributed by atoms with Gasteiger partial charge in [0.15, 0.2) is 0 Å². The molecule has 0 atom stereocenters. The van der Waals surface area contributed by atoms with Crippen molar-refractivity contribution in [1.82, 2.24) is 4.57 Å². The summed E-state index contributed by atoms with van der Waals surface area (Å²) < 4.78 is 24.3. The van der Waals surface area contributed by atoms with Gasteiger partial charge in [-0.15, -0.1) is 0 Å². The predicted molar refractivity (Wildman–Crippen MR) is 71.2 cm³/mol. The number of hydrogen-bond donors (Lipinski definition) is 0. The van der Waals surface area contributed by atoms with Gasteiger partial charge < -0.3 is 13.6 Å². The van der Waals surface area contributed by atoms with E-state index in [2.05, 4.69) is 0 Å². The van der Waals surface area contributed by atoms with Crippen molar-refractivity contribution in [2.24, 2.45) is 0 Å². The molecule has 0 unspecified atom stereocenters. The lowest BCUT2D eigenvalue weighted by atomic mass is 10.2. The van der Waals surface area contributed by atoms with Gasteiger partial charge in [0.05, 0.1) is 0 Å². The second kappa shape index (κ2) is 5.53. The second-order valence-corrected chi connectivity index (χ2v) is 6.03. The first kappa shape index (κ1) is 13.1. The first-order valence-electron chi connectivity index (χ1n) is 5.61. The van der Waals surface area contributed by atoms with E-state index in [0.29, 0.717) is 12.0 Å². The molecule has 0 saturated carbocycles. The van der Waals surface area contributed by atoms with Crippen LogP contribution in [0.3, 0.4) is 0 Å². The number of nitrogens with zero attached hydrogens (tertiary/aromatic N) is 1. The summed E-state index contributed by atoms with van der Waals surface area (Å²) >= 11 is 0. The molecule has 0 amide bonds. The SMILES string of the molecule is COP(=O)(OC)c1cccn1Cc1ccccc1. The van der Waals surface area contributed by atoms with E-state index < -0.39 is 7.60 Å². The van der Waals surface area contributed by atoms with Gasteiger partial charge in [0.25, 0.3) is 0 Å². The molecule has 0 saturated heterocycles. The van der Waals surface area contributed by atoms with Gasteiger partial charge in [0.2, 0.25) is 0 Å². The zero-order valence-corrected chi connectivity index (χ0v) is 11.3. The highest BCUT2D eigenvalue weighted by molar-refractivity contribution is 7.61. The highest BCUT2D eigenvalue weighted by Gasteiger charge is 2.27. The van der Waals surface area contributed by atoms with E-state index >= 15 is 0 Å². The van der Waals surface area contributed by atoms with Crippen LogP contribution in [0, 0.1) is 0 Å². The Morgan fingerprint density at radius 1 is 1.06 bits per heavy atom. The lowest BCUT2D eigenvalue weighted by molar-refractivity contribution is 0.285. The third-order valence-corrected chi connectivity index (χ3v) is 4.69. The minimum absolute atomic E-state index is 0.566. The van der Waals surface area contributed by atoms with Crippen LogP contribution in [0.5, 0.6) is 0 Å². The molecule has 0 aliphatic heterocycles. The molecular weight excluding hydrogens is 249 g/mol. The Kier molecular flexibility index (Phi) is 4.02. The van der Waals surface area contributed by atoms with E-state index in [4.69, 9.17) is 9.05 Å². The average Bonchev–Trinajstić information content (AvgIpc) is 2.88. The van der Waals surface area contributed by atoms with Gasteiger partial charge in [0.1, 0.15) is 5.44 Å². The van der Waals surface area contributed by atoms with E-state index in [1.807, 2.05) is 47.2 Å². The summed E-state index contributed by atoms with van der Waals surface area (Å²) in [6, 6.07) is 13.6. The molecule has 1 aromatic heterocycles. The summed E-state index contributed by atoms with van der Waals surface area (Å²) in [5, 5.41) is 0. The first-order chi connectivity index (χ1) is 8.69. The van der Waals surface area contributed by atoms with Crippen molar-refractivity contribution in [2.45, 2.75) is 6.54 Å². The third-order valence-electron chi connectivity index (χ3n) is 2.76. The largest absolute Gasteiger partial charge is 0.377 e. The maximum absolute atomic E-state index is 12.4. The van der Waals surface area contributed by atoms with Crippen LogP contribution < -0.4 is 5.44 Å². The molecular formula is C13H16NO3P. The van der Waals surface area contributed by atoms with Crippen molar-refractivity contribution in [1.29, 1.82) is 0 Å². The second-order valence-electron chi connectivity index (χ2n) is 3.84. The van der Waals surface area contributed by atoms with Crippen LogP contribution >= 0.6 is 7.60 Å². The highest BCUT2D eigenvalue weighted by atomic mass is 31.2. The van der Waals surface area contributed by atoms with Crippen molar-refractivity contribution in [3.8, 4) is 0 Å². The van der Waals surface area contributed by atoms with E-state index in [1.54, 1.807) is 6.07 Å². The average molecular weight is 265 g/mol. The molecule has 0 spiro atoms. The summed E-state index contributed by atoms with van der Waals surface area (Å²) in [5.41, 5.74) is 1.70. The predicted octanol–water partition coefficient (Wildman–Crippen LogP) is 2.65. The molecule has 1 aromatic carbocycles. The fraction of sp³-hybridized carbons (Fsp3) is 0.231. The molecule has 5 heteroatoms. The number of hydrogen-bond acceptors (Lipinski definition) is 3. The number of aromatic nitrogens is 1. The summed E-state index contributed by atoms with van der Waals surface area (Å²) in [7, 11) is -0.411. The Hall–Kier alpha value is -1.35. The van der Waals surface area contributed by atoms with Crippen LogP contribution in [0.4, 0.5) is 0 Å². The fourth-order valence-corrected chi connectivity index (χ4v) is 3.07. The molecule has 0 fully saturated rings. The fourth-order valence-electron chi connectivity index (χ4n) is 1.83. The lowest BCUT2D eigenvalue weighted by Gasteiger charge is -2.16. The van der Waals surface area contributed by atoms with Gasteiger partial charge >= 0.3 is 7.60 Å². The third kappa shape index (κ3) is 2.56. The van der Waals surface area contributed by atoms with Crippen LogP contribution in [-0.4, -0.2) is 18.8 Å². The maximum Gasteiger partial charge on any atom is 0.377 e. The Balaban J connectivity index is 2.31. The Morgan fingerprint density at radius 3 is 2.33 bits per heavy atom. The van der Waals surface area contributed by atoms with Crippen LogP contribution in [0.2, 0.25) is 0 Å². The molecule has 0 aliphatic rings. The smallest absolute Gasteiger partial charge is 0.337 e. The molecule has 0 radical (unpaired) electrons. The minimum atomic E-state index is -3.20. The Bertz CT molecular complexity index is 542. The van der Waals surface area contributed by atoms with Crippen molar-refractivity contribution in [2.75, 3.05) is 14.2 Å². The molecule has 96 valence electrons. The molecule has 0 bridgehead atoms. The van der Waals surface area contributed by atoms with Crippen LogP contribution in [0.25, 0.3) is 0 Å². The Labute approximate surface area is 107 Å². The van der Waals surface area contributed by atoms with Crippen molar-refractivity contribution in [3.05, 3.63) is 54.2 Å². The van der Waals surface area contributed by atoms with Crippen molar-refractivity contribution >= 4 is 13.0 Å². The molecule has 4 nitrogen and oxygen atoms in total. The monoisotopic (exact) mass is 265 g/mol. The molecule has 1 heterocycles. The van der Waals surface area contributed by atoms with E-state index in [-0.39, 0.29) is 0 Å². The quantitative estimate of drug-likeness (QED) is 0.780. The first-order valence-corrected chi connectivity index (χ1v) is 7.15. The van der Waals surface area contributed by atoms with Crippen LogP contribution in [0.1, 0.15) is 5.56 Å². The van der Waals surface area contributed by atoms with Crippen molar-refractivity contribution < 1.29 is 13.6 Å². The Morgan fingerprint density at radius 2 is 1.72 bits per heavy atom. The van der Waals surface area contributed by atoms with Crippen LogP contribution in [0.15, 0.2) is 48.7 Å². The molecule has 2 aromatic rings. The van der Waals surface area contributed by atoms with Crippen LogP contribution in [-0.2, 0) is 20.2 Å². The number of benzene rings is 1. The minimum Gasteiger partial charge on any atom is -0.337 e. The summed E-state index contributed by atoms with van der Waals surface area (Å²) in [5.74, 6) is 0. The summed E-state index contributed by atoms with van der Waals surface area (Å²) in [4.78, 5) is 0. The van der Waals surface area contributed by atoms with Gasteiger partial charge in [0, 0.05) is 27.0 Å². The zero-order valence-electron chi connectivity index (χ0n) is 10.4. The zero-order chi connectivity index (χ0) is 13.0. The van der Waals surface area contributed by atoms with Gasteiger partial charge in [-0.2, -0.15) is 0 Å². The van der Waals surface area contributed by atoms with E-state index in [9.17, 15) is 4.57 Å². The highest BCUT2D eigenvalue weighted by Crippen LogP contribution is 2.45. The summed E-state index contributed by atoms with van der Waals surface area (Å²) in [6.45, 7) is 0.639. The molecule has 0 aliphatic carbocycles. The summed E-state index contributed by atoms with van der Waals surface area (Å²) in [6.07, 6.45) is 1.87. The van der Waals surface area contributed by atoms with E-state index in [0.717, 1.165) is 5.56 Å². The van der Waals surface area contributed by atoms with Gasteiger partial charge in [-0.05, 0) is 17.7 Å². The molecule has 0 N–H and O–H groups in total. The standard InChI is InChI=1S/C13H16NO3P/c1-16-18(15,17-2)13-9-6-10-14(13)11-12-7-4-3-5-8-12/h3-10H,11H2,1-2H3. The van der Waals surface area contributed by atoms with Crippen molar-refractivity contribution in [3.63, 3.8) is 0 Å². The van der Waals surface area contributed by atoms with Gasteiger partial charge in [-0.25, -0.2) is 0 Å².